The fraction of sp³-hybridized carbons (Fsp3) is 0. The maximum absolute atomic E-state index is 13.4. The van der Waals surface area contributed by atoms with Gasteiger partial charge in [0.15, 0.2) is 0 Å². The van der Waals surface area contributed by atoms with Crippen molar-refractivity contribution in [3.05, 3.63) is 109 Å². The standard InChI is InChI=1S/C23H17OP/c24-23(20-14-8-3-9-15-20)25-21(18-10-4-1-5-11-18)16-17-22(25)19-12-6-2-7-13-19/h1-17H. The molecule has 3 aromatic carbocycles. The van der Waals surface area contributed by atoms with E-state index in [-0.39, 0.29) is 5.52 Å². The van der Waals surface area contributed by atoms with Crippen molar-refractivity contribution in [1.29, 1.82) is 0 Å². The van der Waals surface area contributed by atoms with E-state index in [1.165, 1.54) is 0 Å². The van der Waals surface area contributed by atoms with Crippen molar-refractivity contribution in [3.63, 3.8) is 0 Å². The van der Waals surface area contributed by atoms with Crippen molar-refractivity contribution in [2.45, 2.75) is 0 Å². The molecule has 0 saturated heterocycles. The fourth-order valence-electron chi connectivity index (χ4n) is 3.03. The molecule has 4 rings (SSSR count). The van der Waals surface area contributed by atoms with Gasteiger partial charge in [-0.15, -0.1) is 0 Å². The van der Waals surface area contributed by atoms with E-state index in [0.29, 0.717) is 0 Å². The Kier molecular flexibility index (Phi) is 4.33. The van der Waals surface area contributed by atoms with Crippen LogP contribution in [0.4, 0.5) is 0 Å². The van der Waals surface area contributed by atoms with E-state index in [1.807, 2.05) is 66.7 Å². The van der Waals surface area contributed by atoms with Crippen LogP contribution in [-0.4, -0.2) is 5.52 Å². The number of carbonyl (C=O) groups is 1. The van der Waals surface area contributed by atoms with E-state index in [2.05, 4.69) is 36.4 Å². The molecule has 0 bridgehead atoms. The summed E-state index contributed by atoms with van der Waals surface area (Å²) in [6.07, 6.45) is 0. The molecule has 0 amide bonds. The summed E-state index contributed by atoms with van der Waals surface area (Å²) < 4.78 is 0. The van der Waals surface area contributed by atoms with Gasteiger partial charge in [0.25, 0.3) is 0 Å². The van der Waals surface area contributed by atoms with Gasteiger partial charge in [-0.2, -0.15) is 0 Å². The molecular formula is C23H17OP. The van der Waals surface area contributed by atoms with E-state index in [1.54, 1.807) is 0 Å². The molecule has 0 radical (unpaired) electrons. The first-order chi connectivity index (χ1) is 12.3. The Hall–Kier alpha value is -2.89. The van der Waals surface area contributed by atoms with E-state index in [0.717, 1.165) is 27.3 Å². The molecule has 2 heteroatoms. The number of hydrogen-bond acceptors (Lipinski definition) is 1. The Morgan fingerprint density at radius 3 is 1.36 bits per heavy atom. The average Bonchev–Trinajstić information content (AvgIpc) is 3.14. The van der Waals surface area contributed by atoms with Gasteiger partial charge < -0.3 is 0 Å². The van der Waals surface area contributed by atoms with Crippen LogP contribution in [0.2, 0.25) is 0 Å². The van der Waals surface area contributed by atoms with Crippen LogP contribution in [0, 0.1) is 0 Å². The predicted octanol–water partition coefficient (Wildman–Crippen LogP) is 6.70. The molecule has 0 fully saturated rings. The van der Waals surface area contributed by atoms with Crippen LogP contribution in [0.5, 0.6) is 0 Å². The number of rotatable bonds is 4. The molecule has 0 N–H and O–H groups in total. The first kappa shape index (κ1) is 15.6. The summed E-state index contributed by atoms with van der Waals surface area (Å²) in [5.74, 6) is 0. The van der Waals surface area contributed by atoms with Gasteiger partial charge in [0.1, 0.15) is 0 Å². The second-order valence-electron chi connectivity index (χ2n) is 5.84. The van der Waals surface area contributed by atoms with Crippen molar-refractivity contribution in [2.75, 3.05) is 0 Å². The Morgan fingerprint density at radius 2 is 0.920 bits per heavy atom. The smallest absolute Gasteiger partial charge is 0.208 e. The number of benzene rings is 3. The van der Waals surface area contributed by atoms with E-state index >= 15 is 0 Å². The molecule has 4 aromatic rings. The Morgan fingerprint density at radius 1 is 0.520 bits per heavy atom. The minimum atomic E-state index is -1.08. The maximum Gasteiger partial charge on any atom is 0.208 e. The molecule has 0 aliphatic rings. The minimum absolute atomic E-state index is 0.207. The Balaban J connectivity index is 1.93. The van der Waals surface area contributed by atoms with Gasteiger partial charge >= 0.3 is 0 Å². The van der Waals surface area contributed by atoms with Crippen molar-refractivity contribution >= 4 is 13.1 Å². The molecule has 1 nitrogen and oxygen atoms in total. The molecule has 120 valence electrons. The lowest BCUT2D eigenvalue weighted by molar-refractivity contribution is 0.108. The predicted molar refractivity (Wildman–Crippen MR) is 106 cm³/mol. The minimum Gasteiger partial charge on any atom is -0.284 e. The van der Waals surface area contributed by atoms with Crippen LogP contribution < -0.4 is 0 Å². The van der Waals surface area contributed by atoms with Crippen molar-refractivity contribution in [2.24, 2.45) is 0 Å². The van der Waals surface area contributed by atoms with Crippen LogP contribution >= 0.6 is 7.53 Å². The third-order valence-electron chi connectivity index (χ3n) is 4.24. The van der Waals surface area contributed by atoms with Gasteiger partial charge in [-0.3, -0.25) is 4.79 Å². The number of hydrogen-bond donors (Lipinski definition) is 0. The van der Waals surface area contributed by atoms with Crippen LogP contribution in [0.1, 0.15) is 10.4 Å². The highest BCUT2D eigenvalue weighted by Gasteiger charge is 2.20. The molecule has 1 aromatic heterocycles. The van der Waals surface area contributed by atoms with E-state index in [9.17, 15) is 4.79 Å². The zero-order chi connectivity index (χ0) is 17.1. The van der Waals surface area contributed by atoms with Crippen LogP contribution in [-0.2, 0) is 0 Å². The molecule has 0 atom stereocenters. The second kappa shape index (κ2) is 6.93. The first-order valence-corrected chi connectivity index (χ1v) is 9.61. The van der Waals surface area contributed by atoms with Gasteiger partial charge in [-0.05, 0) is 30.8 Å². The molecule has 0 aliphatic carbocycles. The Bertz CT molecular complexity index is 929. The lowest BCUT2D eigenvalue weighted by Gasteiger charge is -2.10. The molecule has 1 heterocycles. The summed E-state index contributed by atoms with van der Waals surface area (Å²) in [5.41, 5.74) is 3.23. The van der Waals surface area contributed by atoms with Crippen LogP contribution in [0.25, 0.3) is 21.7 Å². The number of carbonyl (C=O) groups excluding carboxylic acids is 1. The van der Waals surface area contributed by atoms with Gasteiger partial charge in [0.2, 0.25) is 5.52 Å². The summed E-state index contributed by atoms with van der Waals surface area (Å²) in [5, 5.41) is 2.26. The molecule has 0 saturated carbocycles. The molecule has 0 spiro atoms. The quantitative estimate of drug-likeness (QED) is 0.404. The highest BCUT2D eigenvalue weighted by atomic mass is 31.1. The lowest BCUT2D eigenvalue weighted by atomic mass is 10.2. The van der Waals surface area contributed by atoms with Crippen LogP contribution in [0.15, 0.2) is 103 Å². The van der Waals surface area contributed by atoms with Gasteiger partial charge in [0, 0.05) is 16.2 Å². The van der Waals surface area contributed by atoms with E-state index < -0.39 is 7.53 Å². The highest BCUT2D eigenvalue weighted by Crippen LogP contribution is 2.52. The van der Waals surface area contributed by atoms with Crippen molar-refractivity contribution in [3.8, 4) is 21.7 Å². The first-order valence-electron chi connectivity index (χ1n) is 8.27. The Labute approximate surface area is 148 Å². The zero-order valence-corrected chi connectivity index (χ0v) is 14.6. The third kappa shape index (κ3) is 3.07. The van der Waals surface area contributed by atoms with Crippen LogP contribution in [0.3, 0.4) is 0 Å². The highest BCUT2D eigenvalue weighted by molar-refractivity contribution is 7.74. The lowest BCUT2D eigenvalue weighted by Crippen LogP contribution is -1.92. The maximum atomic E-state index is 13.4. The molecule has 0 unspecified atom stereocenters. The summed E-state index contributed by atoms with van der Waals surface area (Å²) in [4.78, 5) is 13.4. The molecule has 25 heavy (non-hydrogen) atoms. The normalized spacial score (nSPS) is 10.6. The SMILES string of the molecule is O=C(c1ccccc1)p1c(-c2ccccc2)ccc1-c1ccccc1. The average molecular weight is 340 g/mol. The van der Waals surface area contributed by atoms with E-state index in [4.69, 9.17) is 0 Å². The summed E-state index contributed by atoms with van der Waals surface area (Å²) in [6, 6.07) is 34.3. The molecular weight excluding hydrogens is 323 g/mol. The monoisotopic (exact) mass is 340 g/mol. The zero-order valence-electron chi connectivity index (χ0n) is 13.7. The van der Waals surface area contributed by atoms with Crippen molar-refractivity contribution in [1.82, 2.24) is 0 Å². The summed E-state index contributed by atoms with van der Waals surface area (Å²) in [6.45, 7) is 0. The largest absolute Gasteiger partial charge is 0.284 e. The topological polar surface area (TPSA) is 17.1 Å². The molecule has 0 aliphatic heterocycles. The third-order valence-corrected chi connectivity index (χ3v) is 6.69. The second-order valence-corrected chi connectivity index (χ2v) is 7.88. The van der Waals surface area contributed by atoms with Gasteiger partial charge in [-0.25, -0.2) is 0 Å². The van der Waals surface area contributed by atoms with Crippen molar-refractivity contribution < 1.29 is 4.79 Å². The summed E-state index contributed by atoms with van der Waals surface area (Å²) in [7, 11) is -1.08. The van der Waals surface area contributed by atoms with Gasteiger partial charge in [0.05, 0.1) is 0 Å². The summed E-state index contributed by atoms with van der Waals surface area (Å²) >= 11 is 0. The fourth-order valence-corrected chi connectivity index (χ4v) is 5.40. The van der Waals surface area contributed by atoms with Gasteiger partial charge in [-0.1, -0.05) is 91.0 Å².